The van der Waals surface area contributed by atoms with Crippen LogP contribution in [0, 0.1) is 5.41 Å². The second kappa shape index (κ2) is 2.16. The van der Waals surface area contributed by atoms with E-state index in [1.165, 1.54) is 0 Å². The molecular formula is C6H12O2. The summed E-state index contributed by atoms with van der Waals surface area (Å²) in [6.45, 7) is 7.48. The van der Waals surface area contributed by atoms with Crippen LogP contribution in [0.1, 0.15) is 27.7 Å². The Morgan fingerprint density at radius 2 is 1.75 bits per heavy atom. The van der Waals surface area contributed by atoms with Crippen molar-refractivity contribution >= 4 is 5.78 Å². The first-order chi connectivity index (χ1) is 3.48. The molecule has 0 aliphatic carbocycles. The Hall–Kier alpha value is -0.530. The molecule has 0 spiro atoms. The lowest BCUT2D eigenvalue weighted by atomic mass is 9.92. The molecule has 0 atom stereocenters. The predicted octanol–water partition coefficient (Wildman–Crippen LogP) is 0.432. The molecule has 0 aromatic heterocycles. The Kier molecular flexibility index (Phi) is 2.02. The summed E-state index contributed by atoms with van der Waals surface area (Å²) >= 11 is 0. The first-order valence-electron chi connectivity index (χ1n) is 2.62. The van der Waals surface area contributed by atoms with E-state index in [2.05, 4.69) is 4.58 Å². The van der Waals surface area contributed by atoms with Crippen molar-refractivity contribution in [3.63, 3.8) is 0 Å². The lowest BCUT2D eigenvalue weighted by Gasteiger charge is -2.06. The van der Waals surface area contributed by atoms with Crippen LogP contribution < -0.4 is 5.26 Å². The van der Waals surface area contributed by atoms with Gasteiger partial charge in [0, 0.05) is 0 Å². The van der Waals surface area contributed by atoms with E-state index in [4.69, 9.17) is 0 Å². The summed E-state index contributed by atoms with van der Waals surface area (Å²) in [4.78, 5) is 0. The minimum atomic E-state index is -0.109. The fourth-order valence-corrected chi connectivity index (χ4v) is 0.125. The van der Waals surface area contributed by atoms with Gasteiger partial charge in [0.05, 0.1) is 12.3 Å². The van der Waals surface area contributed by atoms with Gasteiger partial charge in [0.2, 0.25) is 0 Å². The molecule has 0 aliphatic rings. The van der Waals surface area contributed by atoms with E-state index < -0.39 is 0 Å². The van der Waals surface area contributed by atoms with Gasteiger partial charge in [-0.3, -0.25) is 0 Å². The number of hydrogen-bond donors (Lipinski definition) is 0. The van der Waals surface area contributed by atoms with Crippen LogP contribution in [0.25, 0.3) is 0 Å². The Morgan fingerprint density at radius 1 is 1.38 bits per heavy atom. The summed E-state index contributed by atoms with van der Waals surface area (Å²) in [5, 5.41) is 9.74. The van der Waals surface area contributed by atoms with Crippen LogP contribution in [-0.4, -0.2) is 5.78 Å². The standard InChI is InChI=1S/C6H12O2/c1-5(8-7)6(2,3)4/h1-4H3. The van der Waals surface area contributed by atoms with E-state index in [0.717, 1.165) is 0 Å². The quantitative estimate of drug-likeness (QED) is 0.257. The molecule has 8 heavy (non-hydrogen) atoms. The lowest BCUT2D eigenvalue weighted by molar-refractivity contribution is -1.05. The second-order valence-corrected chi connectivity index (χ2v) is 2.89. The molecule has 0 bridgehead atoms. The van der Waals surface area contributed by atoms with Crippen LogP contribution in [0.3, 0.4) is 0 Å². The molecule has 0 amide bonds. The van der Waals surface area contributed by atoms with Crippen LogP contribution in [-0.2, 0) is 4.58 Å². The van der Waals surface area contributed by atoms with Gasteiger partial charge >= 0.3 is 5.78 Å². The highest BCUT2D eigenvalue weighted by Gasteiger charge is 2.23. The topological polar surface area (TPSA) is 34.4 Å². The van der Waals surface area contributed by atoms with Crippen molar-refractivity contribution in [1.82, 2.24) is 0 Å². The maximum atomic E-state index is 9.74. The first kappa shape index (κ1) is 7.47. The Morgan fingerprint density at radius 3 is 1.75 bits per heavy atom. The van der Waals surface area contributed by atoms with E-state index in [9.17, 15) is 5.26 Å². The van der Waals surface area contributed by atoms with Gasteiger partial charge in [0.1, 0.15) is 0 Å². The summed E-state index contributed by atoms with van der Waals surface area (Å²) in [6.07, 6.45) is 0. The third-order valence-corrected chi connectivity index (χ3v) is 1.18. The fourth-order valence-electron chi connectivity index (χ4n) is 0.125. The van der Waals surface area contributed by atoms with Gasteiger partial charge in [-0.2, -0.15) is 4.58 Å². The molecule has 2 nitrogen and oxygen atoms in total. The highest BCUT2D eigenvalue weighted by molar-refractivity contribution is 5.81. The molecule has 0 N–H and O–H groups in total. The van der Waals surface area contributed by atoms with E-state index in [-0.39, 0.29) is 5.41 Å². The predicted molar refractivity (Wildman–Crippen MR) is 30.1 cm³/mol. The largest absolute Gasteiger partial charge is 0.463 e. The van der Waals surface area contributed by atoms with Crippen LogP contribution in [0.5, 0.6) is 0 Å². The molecule has 0 aromatic rings. The smallest absolute Gasteiger partial charge is 0.331 e. The number of carbonyl (C=O) groups excluding carboxylic acids is 1. The molecule has 0 aromatic carbocycles. The summed E-state index contributed by atoms with van der Waals surface area (Å²) in [7, 11) is 0. The molecule has 0 radical (unpaired) electrons. The Labute approximate surface area is 49.8 Å². The van der Waals surface area contributed by atoms with Gasteiger partial charge in [-0.05, 0) is 20.8 Å². The minimum absolute atomic E-state index is 0.109. The molecule has 0 fully saturated rings. The zero-order valence-corrected chi connectivity index (χ0v) is 5.82. The monoisotopic (exact) mass is 116 g/mol. The Balaban J connectivity index is 4.03. The molecule has 48 valence electrons. The van der Waals surface area contributed by atoms with Gasteiger partial charge in [-0.15, -0.1) is 0 Å². The van der Waals surface area contributed by atoms with Crippen LogP contribution in [0.4, 0.5) is 0 Å². The SMILES string of the molecule is CC(=[O+][O-])C(C)(C)C. The van der Waals surface area contributed by atoms with E-state index in [1.807, 2.05) is 20.8 Å². The number of hydrogen-bond acceptors (Lipinski definition) is 1. The van der Waals surface area contributed by atoms with Crippen molar-refractivity contribution in [2.75, 3.05) is 0 Å². The van der Waals surface area contributed by atoms with Crippen molar-refractivity contribution in [2.24, 2.45) is 5.41 Å². The lowest BCUT2D eigenvalue weighted by Crippen LogP contribution is -2.22. The first-order valence-corrected chi connectivity index (χ1v) is 2.62. The molecule has 0 saturated heterocycles. The summed E-state index contributed by atoms with van der Waals surface area (Å²) in [5.41, 5.74) is -0.109. The van der Waals surface area contributed by atoms with E-state index in [1.54, 1.807) is 6.92 Å². The van der Waals surface area contributed by atoms with Gasteiger partial charge in [0.15, 0.2) is 0 Å². The third-order valence-electron chi connectivity index (χ3n) is 1.18. The fraction of sp³-hybridized carbons (Fsp3) is 0.833. The zero-order chi connectivity index (χ0) is 6.78. The number of rotatable bonds is 0. The molecule has 0 rings (SSSR count). The van der Waals surface area contributed by atoms with Crippen molar-refractivity contribution in [1.29, 1.82) is 0 Å². The van der Waals surface area contributed by atoms with Crippen LogP contribution in [0.2, 0.25) is 0 Å². The average molecular weight is 116 g/mol. The van der Waals surface area contributed by atoms with Gasteiger partial charge in [-0.25, -0.2) is 0 Å². The van der Waals surface area contributed by atoms with Crippen LogP contribution >= 0.6 is 0 Å². The highest BCUT2D eigenvalue weighted by atomic mass is 17.1. The van der Waals surface area contributed by atoms with Gasteiger partial charge < -0.3 is 5.26 Å². The van der Waals surface area contributed by atoms with Crippen molar-refractivity contribution in [2.45, 2.75) is 27.7 Å². The maximum absolute atomic E-state index is 9.74. The second-order valence-electron chi connectivity index (χ2n) is 2.89. The average Bonchev–Trinajstić information content (AvgIpc) is 1.62. The van der Waals surface area contributed by atoms with Gasteiger partial charge in [-0.1, -0.05) is 0 Å². The zero-order valence-electron chi connectivity index (χ0n) is 5.82. The molecule has 0 saturated carbocycles. The summed E-state index contributed by atoms with van der Waals surface area (Å²) < 4.78 is 3.78. The van der Waals surface area contributed by atoms with Crippen molar-refractivity contribution in [3.05, 3.63) is 0 Å². The molecular weight excluding hydrogens is 104 g/mol. The summed E-state index contributed by atoms with van der Waals surface area (Å²) in [6, 6.07) is 0. The normalized spacial score (nSPS) is 14.2. The van der Waals surface area contributed by atoms with Gasteiger partial charge in [0.25, 0.3) is 0 Å². The van der Waals surface area contributed by atoms with Crippen LogP contribution in [0.15, 0.2) is 0 Å². The van der Waals surface area contributed by atoms with E-state index >= 15 is 0 Å². The Bertz CT molecular complexity index is 97.6. The van der Waals surface area contributed by atoms with Crippen molar-refractivity contribution in [3.8, 4) is 0 Å². The maximum Gasteiger partial charge on any atom is 0.331 e. The molecule has 2 heteroatoms. The highest BCUT2D eigenvalue weighted by Crippen LogP contribution is 2.13. The van der Waals surface area contributed by atoms with E-state index in [0.29, 0.717) is 5.78 Å². The molecule has 0 aliphatic heterocycles. The number of ketones is 1. The molecule has 0 heterocycles. The third kappa shape index (κ3) is 1.96. The minimum Gasteiger partial charge on any atom is -0.463 e. The summed E-state index contributed by atoms with van der Waals surface area (Å²) in [5.74, 6) is 0.525. The van der Waals surface area contributed by atoms with Crippen molar-refractivity contribution < 1.29 is 9.83 Å². The molecule has 0 unspecified atom stereocenters.